The van der Waals surface area contributed by atoms with E-state index in [1.165, 1.54) is 24.3 Å². The number of hydrogen-bond acceptors (Lipinski definition) is 4. The summed E-state index contributed by atoms with van der Waals surface area (Å²) in [6, 6.07) is 7.42. The molecule has 2 aliphatic rings. The molecule has 4 rings (SSSR count). The highest BCUT2D eigenvalue weighted by Gasteiger charge is 2.39. The molecule has 0 unspecified atom stereocenters. The number of ether oxygens (including phenoxy) is 1. The Labute approximate surface area is 158 Å². The third-order valence-corrected chi connectivity index (χ3v) is 4.81. The van der Waals surface area contributed by atoms with Crippen LogP contribution in [0.2, 0.25) is 0 Å². The molecule has 1 amide bonds. The van der Waals surface area contributed by atoms with Crippen LogP contribution in [0.1, 0.15) is 15.9 Å². The number of alkyl halides is 3. The molecule has 9 heteroatoms. The summed E-state index contributed by atoms with van der Waals surface area (Å²) in [5.74, 6) is -0.831. The summed E-state index contributed by atoms with van der Waals surface area (Å²) in [5.41, 5.74) is 0.820. The predicted octanol–water partition coefficient (Wildman–Crippen LogP) is 3.24. The van der Waals surface area contributed by atoms with E-state index < -0.39 is 24.4 Å². The molecule has 2 aromatic rings. The number of nitrogens with zero attached hydrogens (tertiary/aromatic N) is 3. The minimum Gasteiger partial charge on any atom is -0.378 e. The van der Waals surface area contributed by atoms with E-state index in [4.69, 9.17) is 4.74 Å². The van der Waals surface area contributed by atoms with Crippen molar-refractivity contribution in [2.24, 2.45) is 0 Å². The second-order valence-electron chi connectivity index (χ2n) is 6.71. The topological polar surface area (TPSA) is 45.7 Å². The van der Waals surface area contributed by atoms with Gasteiger partial charge in [0.1, 0.15) is 18.2 Å². The van der Waals surface area contributed by atoms with Crippen LogP contribution in [-0.2, 0) is 11.3 Å². The van der Waals surface area contributed by atoms with Crippen LogP contribution in [0.5, 0.6) is 0 Å². The zero-order chi connectivity index (χ0) is 19.9. The van der Waals surface area contributed by atoms with Crippen molar-refractivity contribution in [1.82, 2.24) is 9.88 Å². The summed E-state index contributed by atoms with van der Waals surface area (Å²) >= 11 is 0. The van der Waals surface area contributed by atoms with Crippen molar-refractivity contribution in [2.75, 3.05) is 37.7 Å². The third-order valence-electron chi connectivity index (χ3n) is 4.81. The average Bonchev–Trinajstić information content (AvgIpc) is 2.96. The van der Waals surface area contributed by atoms with Crippen LogP contribution in [0.15, 0.2) is 30.3 Å². The Morgan fingerprint density at radius 2 is 1.82 bits per heavy atom. The van der Waals surface area contributed by atoms with Crippen molar-refractivity contribution >= 4 is 11.7 Å². The fourth-order valence-corrected chi connectivity index (χ4v) is 3.52. The smallest absolute Gasteiger partial charge is 0.378 e. The van der Waals surface area contributed by atoms with Gasteiger partial charge in [0.15, 0.2) is 0 Å². The van der Waals surface area contributed by atoms with Crippen LogP contribution in [0.25, 0.3) is 11.3 Å². The number of aromatic nitrogens is 1. The molecule has 0 N–H and O–H groups in total. The van der Waals surface area contributed by atoms with Crippen LogP contribution in [0.4, 0.5) is 23.4 Å². The molecule has 0 saturated carbocycles. The first-order valence-electron chi connectivity index (χ1n) is 8.81. The van der Waals surface area contributed by atoms with E-state index in [0.29, 0.717) is 37.7 Å². The fourth-order valence-electron chi connectivity index (χ4n) is 3.52. The molecule has 1 aromatic heterocycles. The molecule has 0 spiro atoms. The van der Waals surface area contributed by atoms with Gasteiger partial charge < -0.3 is 14.5 Å². The normalized spacial score (nSPS) is 17.2. The van der Waals surface area contributed by atoms with E-state index in [9.17, 15) is 22.4 Å². The number of anilines is 1. The number of carbonyl (C=O) groups is 1. The molecule has 1 fully saturated rings. The SMILES string of the molecule is O=C1c2cc(N3CCOCC3)nc(-c3ccccc3F)c2CN1CC(F)(F)F. The van der Waals surface area contributed by atoms with E-state index >= 15 is 0 Å². The second kappa shape index (κ2) is 7.05. The van der Waals surface area contributed by atoms with E-state index in [0.717, 1.165) is 4.90 Å². The molecule has 0 radical (unpaired) electrons. The lowest BCUT2D eigenvalue weighted by atomic mass is 10.0. The largest absolute Gasteiger partial charge is 0.406 e. The van der Waals surface area contributed by atoms with Crippen LogP contribution in [-0.4, -0.2) is 54.8 Å². The highest BCUT2D eigenvalue weighted by molar-refractivity contribution is 6.01. The first kappa shape index (κ1) is 18.7. The number of halogens is 4. The monoisotopic (exact) mass is 395 g/mol. The summed E-state index contributed by atoms with van der Waals surface area (Å²) in [6.07, 6.45) is -4.52. The summed E-state index contributed by atoms with van der Waals surface area (Å²) in [7, 11) is 0. The quantitative estimate of drug-likeness (QED) is 0.749. The Kier molecular flexibility index (Phi) is 4.70. The van der Waals surface area contributed by atoms with Gasteiger partial charge in [0.25, 0.3) is 5.91 Å². The van der Waals surface area contributed by atoms with Gasteiger partial charge >= 0.3 is 6.18 Å². The number of fused-ring (bicyclic) bond motifs is 1. The first-order valence-corrected chi connectivity index (χ1v) is 8.81. The minimum atomic E-state index is -4.52. The minimum absolute atomic E-state index is 0.138. The van der Waals surface area contributed by atoms with E-state index in [2.05, 4.69) is 4.98 Å². The van der Waals surface area contributed by atoms with Crippen LogP contribution in [0.3, 0.4) is 0 Å². The van der Waals surface area contributed by atoms with Crippen molar-refractivity contribution in [3.63, 3.8) is 0 Å². The van der Waals surface area contributed by atoms with Crippen LogP contribution in [0, 0.1) is 5.82 Å². The van der Waals surface area contributed by atoms with Gasteiger partial charge in [0.05, 0.1) is 24.5 Å². The molecule has 0 bridgehead atoms. The fraction of sp³-hybridized carbons (Fsp3) is 0.368. The number of hydrogen-bond donors (Lipinski definition) is 0. The molecule has 2 aliphatic heterocycles. The first-order chi connectivity index (χ1) is 13.3. The number of pyridine rings is 1. The standard InChI is InChI=1S/C19H17F4N3O2/c20-15-4-2-1-3-12(15)17-14-10-26(11-19(21,22)23)18(27)13(14)9-16(24-17)25-5-7-28-8-6-25/h1-4,9H,5-8,10-11H2. The van der Waals surface area contributed by atoms with Crippen molar-refractivity contribution in [1.29, 1.82) is 0 Å². The van der Waals surface area contributed by atoms with Crippen molar-refractivity contribution in [3.8, 4) is 11.3 Å². The van der Waals surface area contributed by atoms with Gasteiger partial charge in [-0.25, -0.2) is 9.37 Å². The molecule has 0 aliphatic carbocycles. The third kappa shape index (κ3) is 3.54. The van der Waals surface area contributed by atoms with E-state index in [-0.39, 0.29) is 23.4 Å². The molecule has 1 saturated heterocycles. The number of benzene rings is 1. The summed E-state index contributed by atoms with van der Waals surface area (Å²) in [6.45, 7) is 0.396. The van der Waals surface area contributed by atoms with Crippen molar-refractivity contribution in [2.45, 2.75) is 12.7 Å². The molecule has 0 atom stereocenters. The van der Waals surface area contributed by atoms with Gasteiger partial charge in [-0.1, -0.05) is 12.1 Å². The summed E-state index contributed by atoms with van der Waals surface area (Å²) < 4.78 is 58.4. The van der Waals surface area contributed by atoms with Gasteiger partial charge in [-0.05, 0) is 18.2 Å². The van der Waals surface area contributed by atoms with E-state index in [1.807, 2.05) is 4.90 Å². The van der Waals surface area contributed by atoms with Gasteiger partial charge in [-0.15, -0.1) is 0 Å². The molecular formula is C19H17F4N3O2. The zero-order valence-corrected chi connectivity index (χ0v) is 14.8. The molecule has 5 nitrogen and oxygen atoms in total. The van der Waals surface area contributed by atoms with Crippen molar-refractivity contribution in [3.05, 3.63) is 47.3 Å². The molecule has 148 valence electrons. The Hall–Kier alpha value is -2.68. The zero-order valence-electron chi connectivity index (χ0n) is 14.8. The molecule has 1 aromatic carbocycles. The van der Waals surface area contributed by atoms with Gasteiger partial charge in [0.2, 0.25) is 0 Å². The maximum atomic E-state index is 14.4. The number of morpholine rings is 1. The maximum absolute atomic E-state index is 14.4. The molecular weight excluding hydrogens is 378 g/mol. The Morgan fingerprint density at radius 1 is 1.11 bits per heavy atom. The Balaban J connectivity index is 1.82. The molecule has 3 heterocycles. The lowest BCUT2D eigenvalue weighted by molar-refractivity contribution is -0.140. The Bertz CT molecular complexity index is 911. The molecule has 28 heavy (non-hydrogen) atoms. The highest BCUT2D eigenvalue weighted by atomic mass is 19.4. The summed E-state index contributed by atoms with van der Waals surface area (Å²) in [5, 5.41) is 0. The summed E-state index contributed by atoms with van der Waals surface area (Å²) in [4.78, 5) is 19.8. The van der Waals surface area contributed by atoms with Crippen LogP contribution >= 0.6 is 0 Å². The van der Waals surface area contributed by atoms with Gasteiger partial charge in [0, 0.05) is 30.8 Å². The van der Waals surface area contributed by atoms with E-state index in [1.54, 1.807) is 6.07 Å². The number of carbonyl (C=O) groups excluding carboxylic acids is 1. The lowest BCUT2D eigenvalue weighted by Crippen LogP contribution is -2.37. The Morgan fingerprint density at radius 3 is 2.50 bits per heavy atom. The maximum Gasteiger partial charge on any atom is 0.406 e. The van der Waals surface area contributed by atoms with Gasteiger partial charge in [-0.2, -0.15) is 13.2 Å². The highest BCUT2D eigenvalue weighted by Crippen LogP contribution is 2.36. The second-order valence-corrected chi connectivity index (χ2v) is 6.71. The predicted molar refractivity (Wildman–Crippen MR) is 93.5 cm³/mol. The number of amides is 1. The van der Waals surface area contributed by atoms with Crippen LogP contribution < -0.4 is 4.90 Å². The lowest BCUT2D eigenvalue weighted by Gasteiger charge is -2.28. The average molecular weight is 395 g/mol. The van der Waals surface area contributed by atoms with Gasteiger partial charge in [-0.3, -0.25) is 4.79 Å². The number of rotatable bonds is 3. The van der Waals surface area contributed by atoms with Crippen molar-refractivity contribution < 1.29 is 27.1 Å².